The lowest BCUT2D eigenvalue weighted by atomic mass is 9.71. The Kier molecular flexibility index (Phi) is 7.18. The van der Waals surface area contributed by atoms with E-state index in [-0.39, 0.29) is 11.7 Å². The summed E-state index contributed by atoms with van der Waals surface area (Å²) in [7, 11) is 0. The molecule has 0 radical (unpaired) electrons. The molecule has 7 nitrogen and oxygen atoms in total. The maximum Gasteiger partial charge on any atom is 0.284 e. The van der Waals surface area contributed by atoms with E-state index >= 15 is 0 Å². The number of aromatic nitrogens is 2. The number of nitrogens with zero attached hydrogens (tertiary/aromatic N) is 5. The Bertz CT molecular complexity index is 1060. The van der Waals surface area contributed by atoms with Crippen molar-refractivity contribution in [2.75, 3.05) is 57.3 Å². The van der Waals surface area contributed by atoms with Crippen molar-refractivity contribution in [1.82, 2.24) is 24.9 Å². The predicted molar refractivity (Wildman–Crippen MR) is 148 cm³/mol. The third-order valence-corrected chi connectivity index (χ3v) is 10.7. The van der Waals surface area contributed by atoms with Gasteiger partial charge in [-0.25, -0.2) is 8.78 Å². The second-order valence-electron chi connectivity index (χ2n) is 13.0. The first kappa shape index (κ1) is 26.0. The smallest absolute Gasteiger partial charge is 0.284 e. The van der Waals surface area contributed by atoms with E-state index in [1.165, 1.54) is 58.4 Å². The van der Waals surface area contributed by atoms with Crippen molar-refractivity contribution >= 4 is 5.69 Å². The lowest BCUT2D eigenvalue weighted by molar-refractivity contribution is 0.0458. The van der Waals surface area contributed by atoms with Crippen LogP contribution in [0.3, 0.4) is 0 Å². The molecule has 5 fully saturated rings. The first-order chi connectivity index (χ1) is 19.1. The van der Waals surface area contributed by atoms with Gasteiger partial charge in [0, 0.05) is 32.0 Å². The van der Waals surface area contributed by atoms with Crippen LogP contribution in [-0.4, -0.2) is 84.1 Å². The Balaban J connectivity index is 0.969. The number of hydrogen-bond acceptors (Lipinski definition) is 6. The Hall–Kier alpha value is -1.97. The number of halogens is 2. The van der Waals surface area contributed by atoms with Gasteiger partial charge in [0.2, 0.25) is 0 Å². The molecule has 2 atom stereocenters. The number of likely N-dealkylation sites (tertiary alicyclic amines) is 2. The molecular weight excluding hydrogens is 498 g/mol. The topological polar surface area (TPSA) is 48.8 Å². The maximum absolute atomic E-state index is 14.2. The van der Waals surface area contributed by atoms with Gasteiger partial charge >= 0.3 is 0 Å². The Labute approximate surface area is 231 Å². The van der Waals surface area contributed by atoms with E-state index in [1.807, 2.05) is 22.0 Å². The van der Waals surface area contributed by atoms with Gasteiger partial charge in [0.15, 0.2) is 5.69 Å². The highest BCUT2D eigenvalue weighted by molar-refractivity contribution is 5.56. The maximum atomic E-state index is 14.2. The Morgan fingerprint density at radius 3 is 2.54 bits per heavy atom. The summed E-state index contributed by atoms with van der Waals surface area (Å²) in [5.41, 5.74) is 2.15. The molecule has 6 aliphatic rings. The summed E-state index contributed by atoms with van der Waals surface area (Å²) in [6.07, 6.45) is 16.7. The molecule has 5 aliphatic heterocycles. The number of hydrogen-bond donors (Lipinski definition) is 1. The summed E-state index contributed by atoms with van der Waals surface area (Å²) < 4.78 is 35.9. The number of fused-ring (bicyclic) bond motifs is 2. The van der Waals surface area contributed by atoms with Gasteiger partial charge < -0.3 is 24.8 Å². The molecule has 4 saturated heterocycles. The minimum Gasteiger partial charge on any atom is -0.374 e. The van der Waals surface area contributed by atoms with E-state index in [0.29, 0.717) is 35.7 Å². The zero-order valence-corrected chi connectivity index (χ0v) is 23.1. The molecule has 214 valence electrons. The summed E-state index contributed by atoms with van der Waals surface area (Å²) in [4.78, 5) is 7.04. The number of rotatable bonds is 6. The number of allylic oxidation sites excluding steroid dienone is 1. The molecule has 1 saturated carbocycles. The minimum atomic E-state index is -2.58. The number of nitrogens with one attached hydrogen (secondary N) is 1. The van der Waals surface area contributed by atoms with E-state index in [2.05, 4.69) is 32.4 Å². The summed E-state index contributed by atoms with van der Waals surface area (Å²) in [5, 5.41) is 8.00. The fourth-order valence-corrected chi connectivity index (χ4v) is 8.18. The van der Waals surface area contributed by atoms with Gasteiger partial charge in [0.25, 0.3) is 6.43 Å². The van der Waals surface area contributed by atoms with Crippen LogP contribution >= 0.6 is 0 Å². The van der Waals surface area contributed by atoms with Crippen LogP contribution in [0.4, 0.5) is 14.5 Å². The second-order valence-corrected chi connectivity index (χ2v) is 13.0. The third-order valence-electron chi connectivity index (χ3n) is 10.7. The number of morpholine rings is 1. The van der Waals surface area contributed by atoms with Crippen LogP contribution in [0.1, 0.15) is 75.9 Å². The van der Waals surface area contributed by atoms with Crippen molar-refractivity contribution in [1.29, 1.82) is 0 Å². The molecule has 1 aromatic rings. The standard InChI is InChI=1S/C30H44F2N6O/c31-29(32)28-27(36-13-1-2-24(18-36)37-19-26-16-25(37)21-39-26)20-38(34-28)23-5-3-22(4-6-23)17-35-14-9-30(10-15-35)7-11-33-12-8-30/h1-2,18,20,22-23,25-26,29,33H,3-17,19,21H2/t22?,23?,25-,26-/m1/s1. The molecule has 1 spiro atoms. The number of anilines is 1. The molecule has 1 N–H and O–H groups in total. The number of ether oxygens (including phenoxy) is 1. The average Bonchev–Trinajstić information content (AvgIpc) is 3.72. The minimum absolute atomic E-state index is 0.0885. The largest absolute Gasteiger partial charge is 0.374 e. The molecule has 7 rings (SSSR count). The third kappa shape index (κ3) is 5.26. The zero-order valence-electron chi connectivity index (χ0n) is 23.1. The molecule has 0 amide bonds. The van der Waals surface area contributed by atoms with Crippen molar-refractivity contribution in [2.24, 2.45) is 11.3 Å². The van der Waals surface area contributed by atoms with Gasteiger partial charge in [0.05, 0.1) is 36.2 Å². The highest BCUT2D eigenvalue weighted by Gasteiger charge is 2.40. The van der Waals surface area contributed by atoms with Crippen molar-refractivity contribution in [3.63, 3.8) is 0 Å². The van der Waals surface area contributed by atoms with Gasteiger partial charge in [-0.1, -0.05) is 6.08 Å². The fraction of sp³-hybridized carbons (Fsp3) is 0.767. The molecule has 39 heavy (non-hydrogen) atoms. The lowest BCUT2D eigenvalue weighted by Crippen LogP contribution is -2.46. The molecule has 2 bridgehead atoms. The highest BCUT2D eigenvalue weighted by Crippen LogP contribution is 2.41. The van der Waals surface area contributed by atoms with Gasteiger partial charge in [-0.3, -0.25) is 4.68 Å². The molecule has 1 aromatic heterocycles. The van der Waals surface area contributed by atoms with Crippen LogP contribution in [-0.2, 0) is 4.74 Å². The van der Waals surface area contributed by atoms with Crippen LogP contribution in [0.5, 0.6) is 0 Å². The van der Waals surface area contributed by atoms with E-state index in [1.54, 1.807) is 0 Å². The summed E-state index contributed by atoms with van der Waals surface area (Å²) in [6, 6.07) is 0.607. The van der Waals surface area contributed by atoms with Crippen LogP contribution in [0.15, 0.2) is 30.2 Å². The number of alkyl halides is 2. The van der Waals surface area contributed by atoms with Gasteiger partial charge in [-0.05, 0) is 101 Å². The van der Waals surface area contributed by atoms with E-state index in [4.69, 9.17) is 4.74 Å². The van der Waals surface area contributed by atoms with Gasteiger partial charge in [-0.2, -0.15) is 5.10 Å². The highest BCUT2D eigenvalue weighted by atomic mass is 19.3. The first-order valence-electron chi connectivity index (χ1n) is 15.4. The summed E-state index contributed by atoms with van der Waals surface area (Å²) in [5.74, 6) is 0.713. The van der Waals surface area contributed by atoms with E-state index in [9.17, 15) is 8.78 Å². The Morgan fingerprint density at radius 1 is 1.05 bits per heavy atom. The quantitative estimate of drug-likeness (QED) is 0.562. The number of piperidine rings is 2. The van der Waals surface area contributed by atoms with Crippen molar-refractivity contribution in [3.05, 3.63) is 35.9 Å². The van der Waals surface area contributed by atoms with Crippen LogP contribution in [0.25, 0.3) is 0 Å². The van der Waals surface area contributed by atoms with Gasteiger partial charge in [0.1, 0.15) is 0 Å². The van der Waals surface area contributed by atoms with Crippen molar-refractivity contribution in [3.8, 4) is 0 Å². The monoisotopic (exact) mass is 542 g/mol. The first-order valence-corrected chi connectivity index (χ1v) is 15.4. The molecule has 9 heteroatoms. The second kappa shape index (κ2) is 10.8. The van der Waals surface area contributed by atoms with E-state index < -0.39 is 6.43 Å². The summed E-state index contributed by atoms with van der Waals surface area (Å²) in [6.45, 7) is 8.29. The predicted octanol–water partition coefficient (Wildman–Crippen LogP) is 4.71. The van der Waals surface area contributed by atoms with Crippen LogP contribution in [0, 0.1) is 11.3 Å². The van der Waals surface area contributed by atoms with Crippen molar-refractivity contribution < 1.29 is 13.5 Å². The van der Waals surface area contributed by atoms with Crippen LogP contribution < -0.4 is 10.2 Å². The normalized spacial score (nSPS) is 32.9. The fourth-order valence-electron chi connectivity index (χ4n) is 8.18. The molecule has 0 aromatic carbocycles. The van der Waals surface area contributed by atoms with Crippen LogP contribution in [0.2, 0.25) is 0 Å². The van der Waals surface area contributed by atoms with Gasteiger partial charge in [-0.15, -0.1) is 0 Å². The zero-order chi connectivity index (χ0) is 26.4. The molecular formula is C30H44F2N6O. The summed E-state index contributed by atoms with van der Waals surface area (Å²) >= 11 is 0. The SMILES string of the molecule is FC(F)c1nn(C2CCC(CN3CCC4(CCNCC4)CC3)CC2)cc1N1C=C(N2C[C@H]3C[C@@H]2CO3)C=CC1. The molecule has 1 aliphatic carbocycles. The average molecular weight is 543 g/mol. The molecule has 0 unspecified atom stereocenters. The van der Waals surface area contributed by atoms with E-state index in [0.717, 1.165) is 51.0 Å². The van der Waals surface area contributed by atoms with Crippen molar-refractivity contribution in [2.45, 2.75) is 82.4 Å². The molecule has 6 heterocycles. The Morgan fingerprint density at radius 2 is 1.85 bits per heavy atom. The lowest BCUT2D eigenvalue weighted by Gasteiger charge is -2.45.